The van der Waals surface area contributed by atoms with Gasteiger partial charge in [0.25, 0.3) is 0 Å². The highest BCUT2D eigenvalue weighted by Crippen LogP contribution is 2.26. The van der Waals surface area contributed by atoms with Crippen molar-refractivity contribution in [2.75, 3.05) is 37.0 Å². The molecule has 132 valence electrons. The third-order valence-electron chi connectivity index (χ3n) is 4.34. The van der Waals surface area contributed by atoms with E-state index < -0.39 is 0 Å². The minimum Gasteiger partial charge on any atom is -0.497 e. The van der Waals surface area contributed by atoms with Crippen molar-refractivity contribution in [2.45, 2.75) is 6.42 Å². The minimum absolute atomic E-state index is 0.175. The predicted octanol–water partition coefficient (Wildman–Crippen LogP) is 3.09. The molecule has 25 heavy (non-hydrogen) atoms. The maximum Gasteiger partial charge on any atom is 0.193 e. The van der Waals surface area contributed by atoms with Crippen molar-refractivity contribution in [1.82, 2.24) is 0 Å². The Morgan fingerprint density at radius 3 is 2.96 bits per heavy atom. The van der Waals surface area contributed by atoms with Crippen molar-refractivity contribution in [3.63, 3.8) is 0 Å². The lowest BCUT2D eigenvalue weighted by atomic mass is 10.1. The van der Waals surface area contributed by atoms with Crippen molar-refractivity contribution in [2.24, 2.45) is 16.6 Å². The number of para-hydroxylation sites is 1. The van der Waals surface area contributed by atoms with Crippen LogP contribution in [0.4, 0.5) is 15.8 Å². The fourth-order valence-electron chi connectivity index (χ4n) is 3.02. The van der Waals surface area contributed by atoms with Crippen LogP contribution in [0, 0.1) is 11.7 Å². The Morgan fingerprint density at radius 2 is 2.16 bits per heavy atom. The van der Waals surface area contributed by atoms with Crippen molar-refractivity contribution >= 4 is 17.3 Å². The van der Waals surface area contributed by atoms with Crippen LogP contribution in [0.1, 0.15) is 6.42 Å². The summed E-state index contributed by atoms with van der Waals surface area (Å²) in [5.41, 5.74) is 7.47. The number of nitrogens with zero attached hydrogens (tertiary/aromatic N) is 2. The van der Waals surface area contributed by atoms with E-state index in [1.165, 1.54) is 6.07 Å². The van der Waals surface area contributed by atoms with Gasteiger partial charge in [0.15, 0.2) is 5.96 Å². The van der Waals surface area contributed by atoms with E-state index in [-0.39, 0.29) is 5.82 Å². The summed E-state index contributed by atoms with van der Waals surface area (Å²) in [5.74, 6) is 1.32. The van der Waals surface area contributed by atoms with E-state index in [9.17, 15) is 4.39 Å². The molecule has 0 saturated carbocycles. The fourth-order valence-corrected chi connectivity index (χ4v) is 3.02. The molecule has 0 bridgehead atoms. The summed E-state index contributed by atoms with van der Waals surface area (Å²) in [4.78, 5) is 6.50. The van der Waals surface area contributed by atoms with E-state index in [0.717, 1.165) is 30.9 Å². The first kappa shape index (κ1) is 17.1. The monoisotopic (exact) mass is 342 g/mol. The number of anilines is 2. The van der Waals surface area contributed by atoms with Gasteiger partial charge in [0.05, 0.1) is 12.8 Å². The third-order valence-corrected chi connectivity index (χ3v) is 4.34. The van der Waals surface area contributed by atoms with Crippen LogP contribution in [0.25, 0.3) is 0 Å². The van der Waals surface area contributed by atoms with Gasteiger partial charge in [-0.15, -0.1) is 0 Å². The van der Waals surface area contributed by atoms with Crippen molar-refractivity contribution in [3.05, 3.63) is 54.3 Å². The Balaban J connectivity index is 1.54. The van der Waals surface area contributed by atoms with Crippen LogP contribution in [0.5, 0.6) is 5.75 Å². The molecule has 3 rings (SSSR count). The fraction of sp³-hybridized carbons (Fsp3) is 0.316. The normalized spacial score (nSPS) is 17.6. The van der Waals surface area contributed by atoms with Crippen LogP contribution in [0.3, 0.4) is 0 Å². The highest BCUT2D eigenvalue weighted by molar-refractivity contribution is 5.92. The molecule has 5 nitrogen and oxygen atoms in total. The molecule has 0 amide bonds. The summed E-state index contributed by atoms with van der Waals surface area (Å²) in [7, 11) is 1.62. The number of halogens is 1. The van der Waals surface area contributed by atoms with Gasteiger partial charge in [-0.1, -0.05) is 18.2 Å². The van der Waals surface area contributed by atoms with Crippen LogP contribution in [0.2, 0.25) is 0 Å². The average Bonchev–Trinajstić information content (AvgIpc) is 3.09. The highest BCUT2D eigenvalue weighted by Gasteiger charge is 2.24. The van der Waals surface area contributed by atoms with Gasteiger partial charge in [-0.25, -0.2) is 4.39 Å². The summed E-state index contributed by atoms with van der Waals surface area (Å²) in [5, 5.41) is 3.07. The van der Waals surface area contributed by atoms with Crippen molar-refractivity contribution in [3.8, 4) is 5.75 Å². The first-order chi connectivity index (χ1) is 12.2. The summed E-state index contributed by atoms with van der Waals surface area (Å²) in [6.45, 7) is 2.25. The average molecular weight is 342 g/mol. The molecule has 1 aliphatic heterocycles. The molecular formula is C19H23FN4O. The first-order valence-electron chi connectivity index (χ1n) is 8.36. The molecular weight excluding hydrogens is 319 g/mol. The van der Waals surface area contributed by atoms with E-state index in [0.29, 0.717) is 24.1 Å². The molecule has 1 aliphatic rings. The standard InChI is InChI=1S/C19H23FN4O/c1-25-16-6-4-5-15(11-16)23-19(21)22-12-14-9-10-24(13-14)18-8-3-2-7-17(18)20/h2-8,11,14H,9-10,12-13H2,1H3,(H3,21,22,23). The van der Waals surface area contributed by atoms with Crippen LogP contribution in [0.15, 0.2) is 53.5 Å². The van der Waals surface area contributed by atoms with E-state index in [2.05, 4.69) is 15.2 Å². The maximum absolute atomic E-state index is 13.9. The second kappa shape index (κ2) is 7.88. The number of hydrogen-bond acceptors (Lipinski definition) is 3. The number of hydrogen-bond donors (Lipinski definition) is 2. The van der Waals surface area contributed by atoms with E-state index in [1.807, 2.05) is 36.4 Å². The molecule has 0 spiro atoms. The quantitative estimate of drug-likeness (QED) is 0.647. The SMILES string of the molecule is COc1cccc(NC(N)=NCC2CCN(c3ccccc3F)C2)c1. The van der Waals surface area contributed by atoms with Crippen molar-refractivity contribution < 1.29 is 9.13 Å². The lowest BCUT2D eigenvalue weighted by molar-refractivity contribution is 0.415. The van der Waals surface area contributed by atoms with Gasteiger partial charge in [0.1, 0.15) is 11.6 Å². The lowest BCUT2D eigenvalue weighted by Gasteiger charge is -2.19. The van der Waals surface area contributed by atoms with Gasteiger partial charge in [-0.2, -0.15) is 0 Å². The Hall–Kier alpha value is -2.76. The molecule has 6 heteroatoms. The van der Waals surface area contributed by atoms with E-state index >= 15 is 0 Å². The Kier molecular flexibility index (Phi) is 5.38. The summed E-state index contributed by atoms with van der Waals surface area (Å²) < 4.78 is 19.1. The Labute approximate surface area is 147 Å². The number of guanidine groups is 1. The van der Waals surface area contributed by atoms with Crippen LogP contribution in [-0.2, 0) is 0 Å². The second-order valence-corrected chi connectivity index (χ2v) is 6.14. The zero-order chi connectivity index (χ0) is 17.6. The summed E-state index contributed by atoms with van der Waals surface area (Å²) in [6.07, 6.45) is 0.976. The number of aliphatic imine (C=N–C) groups is 1. The number of nitrogens with two attached hydrogens (primary N) is 1. The number of nitrogens with one attached hydrogen (secondary N) is 1. The zero-order valence-electron chi connectivity index (χ0n) is 14.3. The molecule has 1 unspecified atom stereocenters. The van der Waals surface area contributed by atoms with Gasteiger partial charge < -0.3 is 20.7 Å². The molecule has 1 fully saturated rings. The molecule has 2 aromatic rings. The van der Waals surface area contributed by atoms with E-state index in [4.69, 9.17) is 10.5 Å². The number of methoxy groups -OCH3 is 1. The first-order valence-corrected chi connectivity index (χ1v) is 8.36. The molecule has 1 saturated heterocycles. The lowest BCUT2D eigenvalue weighted by Crippen LogP contribution is -2.25. The highest BCUT2D eigenvalue weighted by atomic mass is 19.1. The molecule has 1 atom stereocenters. The van der Waals surface area contributed by atoms with Gasteiger partial charge >= 0.3 is 0 Å². The third kappa shape index (κ3) is 4.41. The van der Waals surface area contributed by atoms with Crippen LogP contribution < -0.4 is 20.7 Å². The van der Waals surface area contributed by atoms with Crippen LogP contribution in [-0.4, -0.2) is 32.7 Å². The number of benzene rings is 2. The smallest absolute Gasteiger partial charge is 0.193 e. The number of ether oxygens (including phenoxy) is 1. The Morgan fingerprint density at radius 1 is 1.32 bits per heavy atom. The predicted molar refractivity (Wildman–Crippen MR) is 99.8 cm³/mol. The van der Waals surface area contributed by atoms with Gasteiger partial charge in [-0.05, 0) is 36.6 Å². The topological polar surface area (TPSA) is 62.9 Å². The maximum atomic E-state index is 13.9. The molecule has 0 radical (unpaired) electrons. The van der Waals surface area contributed by atoms with Gasteiger partial charge in [0, 0.05) is 31.4 Å². The molecule has 2 aromatic carbocycles. The van der Waals surface area contributed by atoms with Crippen molar-refractivity contribution in [1.29, 1.82) is 0 Å². The minimum atomic E-state index is -0.175. The zero-order valence-corrected chi connectivity index (χ0v) is 14.3. The second-order valence-electron chi connectivity index (χ2n) is 6.14. The van der Waals surface area contributed by atoms with E-state index in [1.54, 1.807) is 13.2 Å². The van der Waals surface area contributed by atoms with Gasteiger partial charge in [0.2, 0.25) is 0 Å². The summed E-state index contributed by atoms with van der Waals surface area (Å²) in [6, 6.07) is 14.4. The van der Waals surface area contributed by atoms with Crippen LogP contribution >= 0.6 is 0 Å². The largest absolute Gasteiger partial charge is 0.497 e. The molecule has 0 aromatic heterocycles. The molecule has 3 N–H and O–H groups in total. The Bertz CT molecular complexity index is 750. The number of rotatable bonds is 5. The molecule has 1 heterocycles. The molecule has 0 aliphatic carbocycles. The summed E-state index contributed by atoms with van der Waals surface area (Å²) >= 11 is 0. The van der Waals surface area contributed by atoms with Gasteiger partial charge in [-0.3, -0.25) is 4.99 Å².